The molecule has 1 heterocycles. The number of aromatic amines is 1. The van der Waals surface area contributed by atoms with Gasteiger partial charge >= 0.3 is 0 Å². The van der Waals surface area contributed by atoms with Gasteiger partial charge in [0.15, 0.2) is 5.16 Å². The number of nitrogen functional groups attached to an aromatic ring is 2. The molecule has 0 aliphatic heterocycles. The smallest absolute Gasteiger partial charge is 0.253 e. The quantitative estimate of drug-likeness (QED) is 0.545. The van der Waals surface area contributed by atoms with Crippen LogP contribution in [-0.2, 0) is 0 Å². The van der Waals surface area contributed by atoms with Gasteiger partial charge < -0.3 is 16.5 Å². The first kappa shape index (κ1) is 12.0. The Bertz CT molecular complexity index is 689. The van der Waals surface area contributed by atoms with E-state index in [0.29, 0.717) is 21.3 Å². The third kappa shape index (κ3) is 2.61. The van der Waals surface area contributed by atoms with Gasteiger partial charge in [-0.1, -0.05) is 11.8 Å². The van der Waals surface area contributed by atoms with Gasteiger partial charge in [0, 0.05) is 16.6 Å². The van der Waals surface area contributed by atoms with Crippen LogP contribution < -0.4 is 17.0 Å². The van der Waals surface area contributed by atoms with Crippen LogP contribution >= 0.6 is 11.8 Å². The van der Waals surface area contributed by atoms with Crippen molar-refractivity contribution in [1.82, 2.24) is 9.97 Å². The summed E-state index contributed by atoms with van der Waals surface area (Å²) in [5.74, 6) is 0.134. The SMILES string of the molecule is N#Cc1cc(N)ccc1Sc1nc(N)cc(=O)[nH]1. The lowest BCUT2D eigenvalue weighted by Crippen LogP contribution is -2.09. The highest BCUT2D eigenvalue weighted by atomic mass is 32.2. The van der Waals surface area contributed by atoms with Gasteiger partial charge in [0.25, 0.3) is 5.56 Å². The molecule has 1 aromatic carbocycles. The molecule has 0 unspecified atom stereocenters. The summed E-state index contributed by atoms with van der Waals surface area (Å²) >= 11 is 1.15. The minimum absolute atomic E-state index is 0.134. The molecule has 18 heavy (non-hydrogen) atoms. The number of aromatic nitrogens is 2. The number of rotatable bonds is 2. The summed E-state index contributed by atoms with van der Waals surface area (Å²) in [7, 11) is 0. The van der Waals surface area contributed by atoms with E-state index in [2.05, 4.69) is 9.97 Å². The van der Waals surface area contributed by atoms with E-state index in [1.54, 1.807) is 18.2 Å². The molecule has 0 radical (unpaired) electrons. The van der Waals surface area contributed by atoms with Crippen molar-refractivity contribution in [2.75, 3.05) is 11.5 Å². The van der Waals surface area contributed by atoms with Gasteiger partial charge in [-0.15, -0.1) is 0 Å². The van der Waals surface area contributed by atoms with E-state index in [1.165, 1.54) is 6.07 Å². The average molecular weight is 259 g/mol. The Kier molecular flexibility index (Phi) is 3.21. The average Bonchev–Trinajstić information content (AvgIpc) is 2.30. The zero-order valence-electron chi connectivity index (χ0n) is 9.18. The number of nitriles is 1. The van der Waals surface area contributed by atoms with Gasteiger partial charge in [0.05, 0.1) is 5.56 Å². The molecule has 90 valence electrons. The van der Waals surface area contributed by atoms with Crippen LogP contribution in [0.15, 0.2) is 39.1 Å². The van der Waals surface area contributed by atoms with E-state index in [0.717, 1.165) is 11.8 Å². The molecule has 5 N–H and O–H groups in total. The van der Waals surface area contributed by atoms with E-state index >= 15 is 0 Å². The molecule has 0 saturated heterocycles. The summed E-state index contributed by atoms with van der Waals surface area (Å²) in [5, 5.41) is 9.33. The molecule has 0 bridgehead atoms. The molecule has 0 spiro atoms. The molecule has 2 aromatic rings. The number of nitrogens with two attached hydrogens (primary N) is 2. The van der Waals surface area contributed by atoms with Crippen LogP contribution in [0, 0.1) is 11.3 Å². The summed E-state index contributed by atoms with van der Waals surface area (Å²) in [6, 6.07) is 8.16. The van der Waals surface area contributed by atoms with Crippen molar-refractivity contribution in [3.63, 3.8) is 0 Å². The second-order valence-corrected chi connectivity index (χ2v) is 4.48. The number of anilines is 2. The van der Waals surface area contributed by atoms with E-state index in [-0.39, 0.29) is 11.4 Å². The topological polar surface area (TPSA) is 122 Å². The molecule has 2 rings (SSSR count). The number of hydrogen-bond donors (Lipinski definition) is 3. The molecular formula is C11H9N5OS. The summed E-state index contributed by atoms with van der Waals surface area (Å²) in [6.45, 7) is 0. The first-order chi connectivity index (χ1) is 8.58. The van der Waals surface area contributed by atoms with Crippen LogP contribution in [0.4, 0.5) is 11.5 Å². The van der Waals surface area contributed by atoms with Crippen molar-refractivity contribution in [2.45, 2.75) is 10.1 Å². The third-order valence-electron chi connectivity index (χ3n) is 2.07. The number of nitrogens with one attached hydrogen (secondary N) is 1. The first-order valence-electron chi connectivity index (χ1n) is 4.93. The summed E-state index contributed by atoms with van der Waals surface area (Å²) in [4.78, 5) is 18.4. The van der Waals surface area contributed by atoms with Crippen molar-refractivity contribution >= 4 is 23.3 Å². The molecule has 0 aliphatic carbocycles. The Morgan fingerprint density at radius 1 is 1.33 bits per heavy atom. The molecule has 0 amide bonds. The van der Waals surface area contributed by atoms with Crippen molar-refractivity contribution in [2.24, 2.45) is 0 Å². The lowest BCUT2D eigenvalue weighted by molar-refractivity contribution is 0.945. The maximum absolute atomic E-state index is 11.2. The predicted molar refractivity (Wildman–Crippen MR) is 69.0 cm³/mol. The second kappa shape index (κ2) is 4.81. The Labute approximate surface area is 107 Å². The Morgan fingerprint density at radius 3 is 2.78 bits per heavy atom. The highest BCUT2D eigenvalue weighted by Crippen LogP contribution is 2.28. The molecule has 1 aromatic heterocycles. The van der Waals surface area contributed by atoms with Crippen LogP contribution in [0.1, 0.15) is 5.56 Å². The molecule has 0 atom stereocenters. The molecule has 6 nitrogen and oxygen atoms in total. The number of hydrogen-bond acceptors (Lipinski definition) is 6. The van der Waals surface area contributed by atoms with Gasteiger partial charge in [-0.2, -0.15) is 5.26 Å². The van der Waals surface area contributed by atoms with Crippen LogP contribution in [0.25, 0.3) is 0 Å². The molecule has 0 aliphatic rings. The minimum Gasteiger partial charge on any atom is -0.399 e. The van der Waals surface area contributed by atoms with E-state index in [9.17, 15) is 4.79 Å². The fourth-order valence-electron chi connectivity index (χ4n) is 1.33. The van der Waals surface area contributed by atoms with Crippen LogP contribution in [0.2, 0.25) is 0 Å². The summed E-state index contributed by atoms with van der Waals surface area (Å²) < 4.78 is 0. The van der Waals surface area contributed by atoms with Crippen LogP contribution in [-0.4, -0.2) is 9.97 Å². The van der Waals surface area contributed by atoms with Crippen LogP contribution in [0.5, 0.6) is 0 Å². The number of nitrogens with zero attached hydrogens (tertiary/aromatic N) is 2. The van der Waals surface area contributed by atoms with Gasteiger partial charge in [-0.25, -0.2) is 4.98 Å². The zero-order valence-corrected chi connectivity index (χ0v) is 9.99. The lowest BCUT2D eigenvalue weighted by Gasteiger charge is -2.04. The maximum Gasteiger partial charge on any atom is 0.253 e. The molecule has 0 saturated carbocycles. The highest BCUT2D eigenvalue weighted by Gasteiger charge is 2.07. The fourth-order valence-corrected chi connectivity index (χ4v) is 2.19. The van der Waals surface area contributed by atoms with Crippen LogP contribution in [0.3, 0.4) is 0 Å². The lowest BCUT2D eigenvalue weighted by atomic mass is 10.2. The van der Waals surface area contributed by atoms with E-state index < -0.39 is 0 Å². The largest absolute Gasteiger partial charge is 0.399 e. The number of H-pyrrole nitrogens is 1. The zero-order chi connectivity index (χ0) is 13.1. The van der Waals surface area contributed by atoms with Crippen molar-refractivity contribution < 1.29 is 0 Å². The Hall–Kier alpha value is -2.46. The summed E-state index contributed by atoms with van der Waals surface area (Å²) in [6.07, 6.45) is 0. The van der Waals surface area contributed by atoms with Crippen molar-refractivity contribution in [3.05, 3.63) is 40.2 Å². The highest BCUT2D eigenvalue weighted by molar-refractivity contribution is 7.99. The standard InChI is InChI=1S/C11H9N5OS/c12-5-6-3-7(13)1-2-8(6)18-11-15-9(14)4-10(17)16-11/h1-4H,13H2,(H3,14,15,16,17). The maximum atomic E-state index is 11.2. The van der Waals surface area contributed by atoms with Crippen molar-refractivity contribution in [3.8, 4) is 6.07 Å². The molecule has 0 fully saturated rings. The third-order valence-corrected chi connectivity index (χ3v) is 3.03. The normalized spacial score (nSPS) is 9.94. The Balaban J connectivity index is 2.40. The monoisotopic (exact) mass is 259 g/mol. The van der Waals surface area contributed by atoms with Gasteiger partial charge in [-0.05, 0) is 18.2 Å². The fraction of sp³-hybridized carbons (Fsp3) is 0. The first-order valence-corrected chi connectivity index (χ1v) is 5.74. The second-order valence-electron chi connectivity index (χ2n) is 3.44. The number of benzene rings is 1. The van der Waals surface area contributed by atoms with Gasteiger partial charge in [-0.3, -0.25) is 4.79 Å². The van der Waals surface area contributed by atoms with E-state index in [1.807, 2.05) is 6.07 Å². The van der Waals surface area contributed by atoms with E-state index in [4.69, 9.17) is 16.7 Å². The molecule has 7 heteroatoms. The summed E-state index contributed by atoms with van der Waals surface area (Å²) in [5.41, 5.74) is 11.7. The Morgan fingerprint density at radius 2 is 2.11 bits per heavy atom. The predicted octanol–water partition coefficient (Wildman–Crippen LogP) is 0.957. The molecular weight excluding hydrogens is 250 g/mol. The van der Waals surface area contributed by atoms with Gasteiger partial charge in [0.2, 0.25) is 0 Å². The minimum atomic E-state index is -0.334. The van der Waals surface area contributed by atoms with Crippen molar-refractivity contribution in [1.29, 1.82) is 5.26 Å². The van der Waals surface area contributed by atoms with Gasteiger partial charge in [0.1, 0.15) is 11.9 Å².